The highest BCUT2D eigenvalue weighted by Crippen LogP contribution is 2.12. The van der Waals surface area contributed by atoms with Crippen LogP contribution in [-0.4, -0.2) is 21.9 Å². The number of fused-ring (bicyclic) bond motifs is 1. The molecule has 134 valence electrons. The number of hydrogen-bond donors (Lipinski definition) is 2. The fourth-order valence-corrected chi connectivity index (χ4v) is 3.11. The van der Waals surface area contributed by atoms with Crippen LogP contribution in [-0.2, 0) is 17.6 Å². The molecule has 2 aromatic carbocycles. The first-order chi connectivity index (χ1) is 12.5. The Morgan fingerprint density at radius 3 is 2.85 bits per heavy atom. The van der Waals surface area contributed by atoms with Crippen molar-refractivity contribution >= 4 is 28.4 Å². The molecule has 0 fully saturated rings. The number of benzene rings is 2. The number of carbonyl (C=O) groups is 1. The van der Waals surface area contributed by atoms with E-state index in [9.17, 15) is 9.59 Å². The Hall–Kier alpha value is -2.66. The summed E-state index contributed by atoms with van der Waals surface area (Å²) in [7, 11) is 0. The summed E-state index contributed by atoms with van der Waals surface area (Å²) in [6.45, 7) is 1.95. The molecule has 0 aliphatic heterocycles. The molecule has 0 spiro atoms. The quantitative estimate of drug-likeness (QED) is 0.700. The minimum absolute atomic E-state index is 0.00965. The molecule has 3 rings (SSSR count). The first-order valence-electron chi connectivity index (χ1n) is 8.53. The molecule has 0 aliphatic carbocycles. The number of nitrogens with one attached hydrogen (secondary N) is 2. The van der Waals surface area contributed by atoms with Crippen molar-refractivity contribution in [2.45, 2.75) is 32.2 Å². The zero-order chi connectivity index (χ0) is 18.5. The first-order valence-corrected chi connectivity index (χ1v) is 8.91. The maximum absolute atomic E-state index is 12.2. The van der Waals surface area contributed by atoms with Gasteiger partial charge >= 0.3 is 0 Å². The van der Waals surface area contributed by atoms with Gasteiger partial charge in [0.25, 0.3) is 5.56 Å². The number of halogens is 1. The normalized spacial score (nSPS) is 12.1. The van der Waals surface area contributed by atoms with E-state index in [1.165, 1.54) is 0 Å². The molecule has 5 nitrogen and oxygen atoms in total. The standard InChI is InChI=1S/C20H20ClN3O2/c1-13(11-14-5-4-6-15(21)12-14)22-19(25)10-9-18-23-17-8-3-2-7-16(17)20(26)24-18/h2-8,12-13H,9-11H2,1H3,(H,22,25)(H,23,24,26). The fourth-order valence-electron chi connectivity index (χ4n) is 2.90. The molecule has 1 amide bonds. The molecule has 0 radical (unpaired) electrons. The topological polar surface area (TPSA) is 74.8 Å². The third kappa shape index (κ3) is 4.70. The van der Waals surface area contributed by atoms with Gasteiger partial charge in [-0.3, -0.25) is 9.59 Å². The second-order valence-electron chi connectivity index (χ2n) is 6.33. The molecule has 1 heterocycles. The molecule has 0 bridgehead atoms. The van der Waals surface area contributed by atoms with Crippen molar-refractivity contribution in [2.75, 3.05) is 0 Å². The van der Waals surface area contributed by atoms with E-state index >= 15 is 0 Å². The Balaban J connectivity index is 1.56. The lowest BCUT2D eigenvalue weighted by Crippen LogP contribution is -2.34. The Kier molecular flexibility index (Phi) is 5.68. The van der Waals surface area contributed by atoms with Crippen LogP contribution in [0.4, 0.5) is 0 Å². The minimum atomic E-state index is -0.180. The number of amides is 1. The van der Waals surface area contributed by atoms with E-state index in [2.05, 4.69) is 15.3 Å². The monoisotopic (exact) mass is 369 g/mol. The number of hydrogen-bond acceptors (Lipinski definition) is 3. The SMILES string of the molecule is CC(Cc1cccc(Cl)c1)NC(=O)CCc1nc2ccccc2c(=O)[nH]1. The molecule has 0 saturated heterocycles. The van der Waals surface area contributed by atoms with Crippen LogP contribution in [0.5, 0.6) is 0 Å². The van der Waals surface area contributed by atoms with Crippen molar-refractivity contribution in [3.63, 3.8) is 0 Å². The summed E-state index contributed by atoms with van der Waals surface area (Å²) in [4.78, 5) is 31.4. The summed E-state index contributed by atoms with van der Waals surface area (Å²) >= 11 is 5.98. The molecule has 0 saturated carbocycles. The van der Waals surface area contributed by atoms with E-state index in [0.717, 1.165) is 5.56 Å². The van der Waals surface area contributed by atoms with E-state index < -0.39 is 0 Å². The summed E-state index contributed by atoms with van der Waals surface area (Å²) < 4.78 is 0. The Morgan fingerprint density at radius 2 is 2.04 bits per heavy atom. The molecular formula is C20H20ClN3O2. The van der Waals surface area contributed by atoms with Gasteiger partial charge in [-0.05, 0) is 43.2 Å². The average molecular weight is 370 g/mol. The van der Waals surface area contributed by atoms with Gasteiger partial charge in [0.2, 0.25) is 5.91 Å². The van der Waals surface area contributed by atoms with Crippen molar-refractivity contribution in [1.29, 1.82) is 0 Å². The molecule has 1 atom stereocenters. The number of nitrogens with zero attached hydrogens (tertiary/aromatic N) is 1. The zero-order valence-corrected chi connectivity index (χ0v) is 15.2. The smallest absolute Gasteiger partial charge is 0.258 e. The highest BCUT2D eigenvalue weighted by molar-refractivity contribution is 6.30. The van der Waals surface area contributed by atoms with E-state index in [4.69, 9.17) is 11.6 Å². The summed E-state index contributed by atoms with van der Waals surface area (Å²) in [5.74, 6) is 0.446. The molecule has 1 aromatic heterocycles. The third-order valence-corrected chi connectivity index (χ3v) is 4.32. The number of aryl methyl sites for hydroxylation is 1. The zero-order valence-electron chi connectivity index (χ0n) is 14.5. The van der Waals surface area contributed by atoms with Gasteiger partial charge in [0.15, 0.2) is 0 Å². The van der Waals surface area contributed by atoms with Crippen LogP contribution in [0.3, 0.4) is 0 Å². The average Bonchev–Trinajstić information content (AvgIpc) is 2.60. The number of para-hydroxylation sites is 1. The second kappa shape index (κ2) is 8.15. The van der Waals surface area contributed by atoms with Crippen LogP contribution in [0.2, 0.25) is 5.02 Å². The lowest BCUT2D eigenvalue weighted by Gasteiger charge is -2.14. The number of H-pyrrole nitrogens is 1. The van der Waals surface area contributed by atoms with Gasteiger partial charge in [0.1, 0.15) is 5.82 Å². The van der Waals surface area contributed by atoms with E-state index in [1.54, 1.807) is 18.2 Å². The lowest BCUT2D eigenvalue weighted by atomic mass is 10.1. The van der Waals surface area contributed by atoms with Gasteiger partial charge in [-0.15, -0.1) is 0 Å². The summed E-state index contributed by atoms with van der Waals surface area (Å²) in [5.41, 5.74) is 1.53. The fraction of sp³-hybridized carbons (Fsp3) is 0.250. The second-order valence-corrected chi connectivity index (χ2v) is 6.77. The molecule has 0 aliphatic rings. The van der Waals surface area contributed by atoms with Crippen molar-refractivity contribution in [3.8, 4) is 0 Å². The Bertz CT molecular complexity index is 984. The van der Waals surface area contributed by atoms with Crippen LogP contribution in [0.15, 0.2) is 53.3 Å². The number of aromatic amines is 1. The minimum Gasteiger partial charge on any atom is -0.353 e. The van der Waals surface area contributed by atoms with Gasteiger partial charge in [-0.25, -0.2) is 4.98 Å². The van der Waals surface area contributed by atoms with E-state index in [0.29, 0.717) is 34.6 Å². The first kappa shape index (κ1) is 18.1. The van der Waals surface area contributed by atoms with Crippen LogP contribution in [0, 0.1) is 0 Å². The van der Waals surface area contributed by atoms with E-state index in [-0.39, 0.29) is 23.9 Å². The maximum atomic E-state index is 12.2. The molecule has 2 N–H and O–H groups in total. The third-order valence-electron chi connectivity index (χ3n) is 4.09. The molecule has 26 heavy (non-hydrogen) atoms. The summed E-state index contributed by atoms with van der Waals surface area (Å²) in [5, 5.41) is 4.21. The lowest BCUT2D eigenvalue weighted by molar-refractivity contribution is -0.121. The highest BCUT2D eigenvalue weighted by atomic mass is 35.5. The summed E-state index contributed by atoms with van der Waals surface area (Å²) in [6.07, 6.45) is 1.36. The van der Waals surface area contributed by atoms with Crippen molar-refractivity contribution in [3.05, 3.63) is 75.3 Å². The van der Waals surface area contributed by atoms with Crippen molar-refractivity contribution in [2.24, 2.45) is 0 Å². The largest absolute Gasteiger partial charge is 0.353 e. The van der Waals surface area contributed by atoms with Crippen LogP contribution in [0.25, 0.3) is 10.9 Å². The van der Waals surface area contributed by atoms with Crippen LogP contribution in [0.1, 0.15) is 24.7 Å². The summed E-state index contributed by atoms with van der Waals surface area (Å²) in [6, 6.07) is 14.8. The molecule has 6 heteroatoms. The highest BCUT2D eigenvalue weighted by Gasteiger charge is 2.10. The maximum Gasteiger partial charge on any atom is 0.258 e. The van der Waals surface area contributed by atoms with Gasteiger partial charge in [-0.2, -0.15) is 0 Å². The molecule has 3 aromatic rings. The van der Waals surface area contributed by atoms with Crippen LogP contribution < -0.4 is 10.9 Å². The Labute approximate surface area is 156 Å². The number of carbonyl (C=O) groups excluding carboxylic acids is 1. The van der Waals surface area contributed by atoms with Gasteiger partial charge in [0, 0.05) is 23.9 Å². The van der Waals surface area contributed by atoms with E-state index in [1.807, 2.05) is 37.3 Å². The van der Waals surface area contributed by atoms with Crippen molar-refractivity contribution in [1.82, 2.24) is 15.3 Å². The number of aromatic nitrogens is 2. The predicted molar refractivity (Wildman–Crippen MR) is 103 cm³/mol. The van der Waals surface area contributed by atoms with Gasteiger partial charge in [-0.1, -0.05) is 35.9 Å². The van der Waals surface area contributed by atoms with Gasteiger partial charge in [0.05, 0.1) is 10.9 Å². The molecule has 1 unspecified atom stereocenters. The van der Waals surface area contributed by atoms with Crippen LogP contribution >= 0.6 is 11.6 Å². The predicted octanol–water partition coefficient (Wildman–Crippen LogP) is 3.26. The van der Waals surface area contributed by atoms with Crippen molar-refractivity contribution < 1.29 is 4.79 Å². The molecular weight excluding hydrogens is 350 g/mol. The van der Waals surface area contributed by atoms with Gasteiger partial charge < -0.3 is 10.3 Å². The number of rotatable bonds is 6. The Morgan fingerprint density at radius 1 is 1.23 bits per heavy atom.